The molecular formula is C17H20N2O. The second-order valence-corrected chi connectivity index (χ2v) is 5.51. The molecule has 0 amide bonds. The van der Waals surface area contributed by atoms with Crippen LogP contribution in [-0.4, -0.2) is 10.2 Å². The molecule has 1 aromatic heterocycles. The van der Waals surface area contributed by atoms with Crippen LogP contribution in [0, 0.1) is 12.8 Å². The molecule has 0 radical (unpaired) electrons. The van der Waals surface area contributed by atoms with Crippen molar-refractivity contribution >= 4 is 6.08 Å². The quantitative estimate of drug-likeness (QED) is 0.814. The van der Waals surface area contributed by atoms with Gasteiger partial charge in [-0.2, -0.15) is 0 Å². The molecule has 0 saturated heterocycles. The van der Waals surface area contributed by atoms with Crippen LogP contribution in [0.15, 0.2) is 34.8 Å². The van der Waals surface area contributed by atoms with Crippen molar-refractivity contribution in [2.24, 2.45) is 5.92 Å². The monoisotopic (exact) mass is 268 g/mol. The lowest BCUT2D eigenvalue weighted by atomic mass is 9.89. The molecule has 1 saturated carbocycles. The number of aromatic nitrogens is 2. The maximum atomic E-state index is 5.42. The van der Waals surface area contributed by atoms with Gasteiger partial charge in [-0.05, 0) is 36.5 Å². The summed E-state index contributed by atoms with van der Waals surface area (Å²) in [6.45, 7) is 1.80. The van der Waals surface area contributed by atoms with Gasteiger partial charge in [-0.15, -0.1) is 10.2 Å². The molecular weight excluding hydrogens is 248 g/mol. The molecule has 20 heavy (non-hydrogen) atoms. The Bertz CT molecular complexity index is 577. The van der Waals surface area contributed by atoms with Crippen molar-refractivity contribution in [2.75, 3.05) is 0 Å². The van der Waals surface area contributed by atoms with E-state index in [1.54, 1.807) is 6.92 Å². The summed E-state index contributed by atoms with van der Waals surface area (Å²) >= 11 is 0. The summed E-state index contributed by atoms with van der Waals surface area (Å²) in [7, 11) is 0. The molecule has 1 aromatic carbocycles. The molecule has 1 aliphatic rings. The Morgan fingerprint density at radius 2 is 1.80 bits per heavy atom. The predicted octanol–water partition coefficient (Wildman–Crippen LogP) is 4.64. The molecule has 0 spiro atoms. The highest BCUT2D eigenvalue weighted by atomic mass is 16.4. The van der Waals surface area contributed by atoms with Crippen LogP contribution in [0.5, 0.6) is 0 Å². The Balaban J connectivity index is 1.68. The van der Waals surface area contributed by atoms with Crippen molar-refractivity contribution in [2.45, 2.75) is 39.0 Å². The third-order valence-corrected chi connectivity index (χ3v) is 3.89. The van der Waals surface area contributed by atoms with Gasteiger partial charge in [0, 0.05) is 12.5 Å². The lowest BCUT2D eigenvalue weighted by Crippen LogP contribution is -2.02. The first-order valence-electron chi connectivity index (χ1n) is 7.40. The second-order valence-electron chi connectivity index (χ2n) is 5.51. The fraction of sp³-hybridized carbons (Fsp3) is 0.412. The van der Waals surface area contributed by atoms with Gasteiger partial charge in [-0.3, -0.25) is 0 Å². The van der Waals surface area contributed by atoms with Crippen LogP contribution in [0.25, 0.3) is 17.5 Å². The van der Waals surface area contributed by atoms with Crippen molar-refractivity contribution in [3.8, 4) is 11.5 Å². The Labute approximate surface area is 119 Å². The highest BCUT2D eigenvalue weighted by molar-refractivity contribution is 5.58. The van der Waals surface area contributed by atoms with Crippen molar-refractivity contribution in [1.82, 2.24) is 10.2 Å². The van der Waals surface area contributed by atoms with E-state index in [9.17, 15) is 0 Å². The van der Waals surface area contributed by atoms with Crippen molar-refractivity contribution < 1.29 is 4.42 Å². The number of benzene rings is 1. The highest BCUT2D eigenvalue weighted by Gasteiger charge is 2.09. The van der Waals surface area contributed by atoms with Crippen LogP contribution < -0.4 is 0 Å². The summed E-state index contributed by atoms with van der Waals surface area (Å²) < 4.78 is 5.42. The van der Waals surface area contributed by atoms with Gasteiger partial charge < -0.3 is 4.42 Å². The van der Waals surface area contributed by atoms with Gasteiger partial charge in [-0.25, -0.2) is 0 Å². The summed E-state index contributed by atoms with van der Waals surface area (Å²) in [6, 6.07) is 8.28. The zero-order chi connectivity index (χ0) is 13.8. The topological polar surface area (TPSA) is 38.9 Å². The third-order valence-electron chi connectivity index (χ3n) is 3.89. The summed E-state index contributed by atoms with van der Waals surface area (Å²) in [5, 5.41) is 7.88. The first-order valence-corrected chi connectivity index (χ1v) is 7.40. The van der Waals surface area contributed by atoms with Crippen LogP contribution in [0.3, 0.4) is 0 Å². The minimum atomic E-state index is 0.588. The fourth-order valence-corrected chi connectivity index (χ4v) is 2.72. The minimum absolute atomic E-state index is 0.588. The fourth-order valence-electron chi connectivity index (χ4n) is 2.72. The molecule has 0 atom stereocenters. The van der Waals surface area contributed by atoms with Crippen LogP contribution in [0.4, 0.5) is 0 Å². The van der Waals surface area contributed by atoms with E-state index in [2.05, 4.69) is 34.5 Å². The van der Waals surface area contributed by atoms with Crippen molar-refractivity contribution in [3.05, 3.63) is 41.8 Å². The Kier molecular flexibility index (Phi) is 3.95. The molecule has 0 bridgehead atoms. The van der Waals surface area contributed by atoms with E-state index in [-0.39, 0.29) is 0 Å². The van der Waals surface area contributed by atoms with Gasteiger partial charge >= 0.3 is 0 Å². The maximum Gasteiger partial charge on any atom is 0.247 e. The summed E-state index contributed by atoms with van der Waals surface area (Å²) in [6.07, 6.45) is 11.5. The van der Waals surface area contributed by atoms with E-state index < -0.39 is 0 Å². The molecule has 2 aromatic rings. The van der Waals surface area contributed by atoms with Crippen LogP contribution >= 0.6 is 0 Å². The molecule has 3 rings (SSSR count). The van der Waals surface area contributed by atoms with Crippen LogP contribution in [0.2, 0.25) is 0 Å². The smallest absolute Gasteiger partial charge is 0.247 e. The molecule has 1 heterocycles. The molecule has 0 N–H and O–H groups in total. The summed E-state index contributed by atoms with van der Waals surface area (Å²) in [5.41, 5.74) is 2.20. The second kappa shape index (κ2) is 6.04. The average molecular weight is 268 g/mol. The number of aryl methyl sites for hydroxylation is 1. The molecule has 0 aliphatic heterocycles. The molecule has 104 valence electrons. The minimum Gasteiger partial charge on any atom is -0.421 e. The Morgan fingerprint density at radius 1 is 1.05 bits per heavy atom. The summed E-state index contributed by atoms with van der Waals surface area (Å²) in [4.78, 5) is 0. The van der Waals surface area contributed by atoms with E-state index >= 15 is 0 Å². The first kappa shape index (κ1) is 13.1. The molecule has 1 aliphatic carbocycles. The van der Waals surface area contributed by atoms with E-state index in [0.717, 1.165) is 11.5 Å². The van der Waals surface area contributed by atoms with Crippen LogP contribution in [-0.2, 0) is 0 Å². The average Bonchev–Trinajstić information content (AvgIpc) is 2.93. The summed E-state index contributed by atoms with van der Waals surface area (Å²) in [5.74, 6) is 1.95. The number of rotatable bonds is 3. The molecule has 3 nitrogen and oxygen atoms in total. The highest BCUT2D eigenvalue weighted by Crippen LogP contribution is 2.25. The van der Waals surface area contributed by atoms with Crippen LogP contribution in [0.1, 0.15) is 43.6 Å². The predicted molar refractivity (Wildman–Crippen MR) is 80.1 cm³/mol. The lowest BCUT2D eigenvalue weighted by molar-refractivity contribution is 0.420. The molecule has 3 heteroatoms. The maximum absolute atomic E-state index is 5.42. The zero-order valence-electron chi connectivity index (χ0n) is 11.9. The first-order chi connectivity index (χ1) is 9.81. The molecule has 0 unspecified atom stereocenters. The van der Waals surface area contributed by atoms with Gasteiger partial charge in [0.15, 0.2) is 0 Å². The Hall–Kier alpha value is -1.90. The normalized spacial score (nSPS) is 16.9. The Morgan fingerprint density at radius 3 is 2.45 bits per heavy atom. The van der Waals surface area contributed by atoms with Crippen molar-refractivity contribution in [3.63, 3.8) is 0 Å². The van der Waals surface area contributed by atoms with E-state index in [1.165, 1.54) is 37.7 Å². The van der Waals surface area contributed by atoms with Gasteiger partial charge in [-0.1, -0.05) is 43.5 Å². The van der Waals surface area contributed by atoms with E-state index in [0.29, 0.717) is 11.8 Å². The van der Waals surface area contributed by atoms with Gasteiger partial charge in [0.05, 0.1) is 0 Å². The number of hydrogen-bond donors (Lipinski definition) is 0. The standard InChI is InChI=1S/C17H20N2O/c1-13-18-19-17(20-13)16-11-9-15(10-12-16)8-7-14-5-3-2-4-6-14/h7-12,14H,2-6H2,1H3/b8-7+. The van der Waals surface area contributed by atoms with E-state index in [1.807, 2.05) is 12.1 Å². The number of hydrogen-bond acceptors (Lipinski definition) is 3. The number of nitrogens with zero attached hydrogens (tertiary/aromatic N) is 2. The SMILES string of the molecule is Cc1nnc(-c2ccc(/C=C/C3CCCCC3)cc2)o1. The lowest BCUT2D eigenvalue weighted by Gasteiger charge is -2.17. The van der Waals surface area contributed by atoms with E-state index in [4.69, 9.17) is 4.42 Å². The van der Waals surface area contributed by atoms with Gasteiger partial charge in [0.25, 0.3) is 0 Å². The zero-order valence-corrected chi connectivity index (χ0v) is 11.9. The third kappa shape index (κ3) is 3.16. The largest absolute Gasteiger partial charge is 0.421 e. The van der Waals surface area contributed by atoms with Gasteiger partial charge in [0.2, 0.25) is 11.8 Å². The molecule has 1 fully saturated rings. The van der Waals surface area contributed by atoms with Gasteiger partial charge in [0.1, 0.15) is 0 Å². The van der Waals surface area contributed by atoms with Crippen molar-refractivity contribution in [1.29, 1.82) is 0 Å². The number of allylic oxidation sites excluding steroid dienone is 1.